The van der Waals surface area contributed by atoms with Crippen LogP contribution in [-0.4, -0.2) is 39.0 Å². The second-order valence-electron chi connectivity index (χ2n) is 4.88. The van der Waals surface area contributed by atoms with E-state index in [9.17, 15) is 0 Å². The summed E-state index contributed by atoms with van der Waals surface area (Å²) in [7, 11) is 5.18. The molecule has 1 unspecified atom stereocenters. The van der Waals surface area contributed by atoms with Crippen molar-refractivity contribution in [2.45, 2.75) is 19.6 Å². The van der Waals surface area contributed by atoms with Crippen LogP contribution in [0, 0.1) is 0 Å². The van der Waals surface area contributed by atoms with Crippen LogP contribution < -0.4 is 10.1 Å². The van der Waals surface area contributed by atoms with Crippen molar-refractivity contribution >= 4 is 16.7 Å². The Balaban J connectivity index is 2.26. The summed E-state index contributed by atoms with van der Waals surface area (Å²) in [5, 5.41) is 4.18. The van der Waals surface area contributed by atoms with Crippen LogP contribution in [0.2, 0.25) is 0 Å². The van der Waals surface area contributed by atoms with E-state index in [4.69, 9.17) is 14.2 Å². The molecule has 0 saturated heterocycles. The molecule has 0 aliphatic carbocycles. The van der Waals surface area contributed by atoms with Crippen LogP contribution in [0.25, 0.3) is 10.9 Å². The van der Waals surface area contributed by atoms with Crippen LogP contribution in [0.1, 0.15) is 12.5 Å². The molecule has 5 nitrogen and oxygen atoms in total. The first-order chi connectivity index (χ1) is 10.2. The molecule has 114 valence electrons. The smallest absolute Gasteiger partial charge is 0.131 e. The lowest BCUT2D eigenvalue weighted by Crippen LogP contribution is -2.15. The molecule has 5 heteroatoms. The third-order valence-corrected chi connectivity index (χ3v) is 3.27. The fourth-order valence-electron chi connectivity index (χ4n) is 2.16. The molecule has 1 aromatic carbocycles. The zero-order valence-electron chi connectivity index (χ0n) is 13.0. The molecule has 1 atom stereocenters. The average Bonchev–Trinajstić information content (AvgIpc) is 2.51. The number of rotatable bonds is 7. The number of methoxy groups -OCH3 is 2. The lowest BCUT2D eigenvalue weighted by Gasteiger charge is -2.15. The van der Waals surface area contributed by atoms with Crippen molar-refractivity contribution < 1.29 is 14.2 Å². The summed E-state index contributed by atoms with van der Waals surface area (Å²) >= 11 is 0. The molecule has 0 spiro atoms. The molecule has 2 rings (SSSR count). The molecule has 1 aromatic heterocycles. The van der Waals surface area contributed by atoms with Crippen LogP contribution in [0.15, 0.2) is 24.3 Å². The monoisotopic (exact) mass is 290 g/mol. The van der Waals surface area contributed by atoms with Crippen molar-refractivity contribution in [1.29, 1.82) is 0 Å². The summed E-state index contributed by atoms with van der Waals surface area (Å²) in [6, 6.07) is 7.95. The van der Waals surface area contributed by atoms with Crippen LogP contribution in [0.4, 0.5) is 5.82 Å². The Kier molecular flexibility index (Phi) is 5.36. The summed E-state index contributed by atoms with van der Waals surface area (Å²) in [6.07, 6.45) is 0.0475. The molecule has 0 aliphatic rings. The molecule has 0 amide bonds. The first-order valence-corrected chi connectivity index (χ1v) is 6.94. The van der Waals surface area contributed by atoms with Gasteiger partial charge in [-0.3, -0.25) is 0 Å². The van der Waals surface area contributed by atoms with Gasteiger partial charge in [-0.15, -0.1) is 0 Å². The van der Waals surface area contributed by atoms with Gasteiger partial charge in [-0.1, -0.05) is 0 Å². The summed E-state index contributed by atoms with van der Waals surface area (Å²) in [4.78, 5) is 4.62. The highest BCUT2D eigenvalue weighted by atomic mass is 16.5. The van der Waals surface area contributed by atoms with Crippen LogP contribution in [0.5, 0.6) is 5.75 Å². The summed E-state index contributed by atoms with van der Waals surface area (Å²) in [5.74, 6) is 1.62. The second-order valence-corrected chi connectivity index (χ2v) is 4.88. The Morgan fingerprint density at radius 3 is 2.71 bits per heavy atom. The topological polar surface area (TPSA) is 52.6 Å². The minimum absolute atomic E-state index is 0.0475. The summed E-state index contributed by atoms with van der Waals surface area (Å²) in [6.45, 7) is 3.06. The Hall–Kier alpha value is -1.85. The van der Waals surface area contributed by atoms with Crippen LogP contribution >= 0.6 is 0 Å². The SMILES string of the molecule is CNc1nc2cc(OC)ccc2cc1COC(C)COC. The number of nitrogens with one attached hydrogen (secondary N) is 1. The Bertz CT molecular complexity index is 601. The van der Waals surface area contributed by atoms with Gasteiger partial charge in [0.1, 0.15) is 11.6 Å². The van der Waals surface area contributed by atoms with Crippen molar-refractivity contribution in [1.82, 2.24) is 4.98 Å². The maximum Gasteiger partial charge on any atom is 0.131 e. The van der Waals surface area contributed by atoms with Gasteiger partial charge in [0, 0.05) is 31.2 Å². The van der Waals surface area contributed by atoms with Crippen molar-refractivity contribution in [3.63, 3.8) is 0 Å². The Labute approximate surface area is 125 Å². The lowest BCUT2D eigenvalue weighted by atomic mass is 10.1. The molecule has 0 saturated carbocycles. The summed E-state index contributed by atoms with van der Waals surface area (Å²) in [5.41, 5.74) is 1.92. The predicted octanol–water partition coefficient (Wildman–Crippen LogP) is 2.84. The molecule has 2 aromatic rings. The number of hydrogen-bond acceptors (Lipinski definition) is 5. The average molecular weight is 290 g/mol. The van der Waals surface area contributed by atoms with Crippen molar-refractivity contribution in [2.75, 3.05) is 33.2 Å². The number of aromatic nitrogens is 1. The molecular formula is C16H22N2O3. The molecule has 1 heterocycles. The van der Waals surface area contributed by atoms with E-state index in [0.717, 1.165) is 28.0 Å². The molecule has 21 heavy (non-hydrogen) atoms. The number of nitrogens with zero attached hydrogens (tertiary/aromatic N) is 1. The van der Waals surface area contributed by atoms with Gasteiger partial charge >= 0.3 is 0 Å². The number of fused-ring (bicyclic) bond motifs is 1. The number of anilines is 1. The fraction of sp³-hybridized carbons (Fsp3) is 0.438. The molecule has 0 aliphatic heterocycles. The second kappa shape index (κ2) is 7.24. The zero-order chi connectivity index (χ0) is 15.2. The van der Waals surface area contributed by atoms with E-state index in [1.807, 2.05) is 32.2 Å². The summed E-state index contributed by atoms with van der Waals surface area (Å²) < 4.78 is 16.1. The van der Waals surface area contributed by atoms with Crippen molar-refractivity contribution in [2.24, 2.45) is 0 Å². The highest BCUT2D eigenvalue weighted by Crippen LogP contribution is 2.24. The van der Waals surface area contributed by atoms with Crippen LogP contribution in [-0.2, 0) is 16.1 Å². The molecule has 0 radical (unpaired) electrons. The van der Waals surface area contributed by atoms with Gasteiger partial charge in [-0.25, -0.2) is 4.98 Å². The van der Waals surface area contributed by atoms with Gasteiger partial charge in [0.25, 0.3) is 0 Å². The maximum atomic E-state index is 5.78. The standard InChI is InChI=1S/C16H22N2O3/c1-11(9-19-3)21-10-13-7-12-5-6-14(20-4)8-15(12)18-16(13)17-2/h5-8,11H,9-10H2,1-4H3,(H,17,18). The van der Waals surface area contributed by atoms with E-state index in [2.05, 4.69) is 16.4 Å². The highest BCUT2D eigenvalue weighted by molar-refractivity contribution is 5.83. The van der Waals surface area contributed by atoms with Crippen molar-refractivity contribution in [3.8, 4) is 5.75 Å². The number of hydrogen-bond donors (Lipinski definition) is 1. The van der Waals surface area contributed by atoms with Gasteiger partial charge in [-0.2, -0.15) is 0 Å². The normalized spacial score (nSPS) is 12.4. The largest absolute Gasteiger partial charge is 0.497 e. The first kappa shape index (κ1) is 15.5. The van der Waals surface area contributed by atoms with Gasteiger partial charge in [0.15, 0.2) is 0 Å². The number of pyridine rings is 1. The third-order valence-electron chi connectivity index (χ3n) is 3.27. The van der Waals surface area contributed by atoms with E-state index < -0.39 is 0 Å². The fourth-order valence-corrected chi connectivity index (χ4v) is 2.16. The van der Waals surface area contributed by atoms with E-state index in [-0.39, 0.29) is 6.10 Å². The van der Waals surface area contributed by atoms with Crippen molar-refractivity contribution in [3.05, 3.63) is 29.8 Å². The van der Waals surface area contributed by atoms with E-state index in [0.29, 0.717) is 13.2 Å². The van der Waals surface area contributed by atoms with E-state index >= 15 is 0 Å². The number of benzene rings is 1. The Morgan fingerprint density at radius 1 is 1.24 bits per heavy atom. The molecule has 0 fully saturated rings. The lowest BCUT2D eigenvalue weighted by molar-refractivity contribution is 0.0000421. The van der Waals surface area contributed by atoms with Gasteiger partial charge in [0.2, 0.25) is 0 Å². The van der Waals surface area contributed by atoms with Gasteiger partial charge in [-0.05, 0) is 25.1 Å². The van der Waals surface area contributed by atoms with E-state index in [1.165, 1.54) is 0 Å². The molecular weight excluding hydrogens is 268 g/mol. The maximum absolute atomic E-state index is 5.78. The molecule has 1 N–H and O–H groups in total. The van der Waals surface area contributed by atoms with E-state index in [1.54, 1.807) is 14.2 Å². The quantitative estimate of drug-likeness (QED) is 0.849. The first-order valence-electron chi connectivity index (χ1n) is 6.94. The molecule has 0 bridgehead atoms. The highest BCUT2D eigenvalue weighted by Gasteiger charge is 2.09. The third kappa shape index (κ3) is 3.83. The van der Waals surface area contributed by atoms with Crippen LogP contribution in [0.3, 0.4) is 0 Å². The zero-order valence-corrected chi connectivity index (χ0v) is 13.0. The minimum Gasteiger partial charge on any atom is -0.497 e. The number of ether oxygens (including phenoxy) is 3. The van der Waals surface area contributed by atoms with Gasteiger partial charge in [0.05, 0.1) is 31.9 Å². The Morgan fingerprint density at radius 2 is 2.05 bits per heavy atom. The van der Waals surface area contributed by atoms with Gasteiger partial charge < -0.3 is 19.5 Å². The minimum atomic E-state index is 0.0475. The predicted molar refractivity (Wildman–Crippen MR) is 84.0 cm³/mol.